The van der Waals surface area contributed by atoms with E-state index in [1.54, 1.807) is 0 Å². The van der Waals surface area contributed by atoms with Crippen LogP contribution in [0.5, 0.6) is 5.75 Å². The van der Waals surface area contributed by atoms with Crippen LogP contribution in [-0.4, -0.2) is 16.9 Å². The number of phenols is 1. The summed E-state index contributed by atoms with van der Waals surface area (Å²) in [5, 5.41) is 11.3. The van der Waals surface area contributed by atoms with Gasteiger partial charge in [-0.1, -0.05) is 0 Å². The van der Waals surface area contributed by atoms with E-state index < -0.39 is 17.5 Å². The average Bonchev–Trinajstić information content (AvgIpc) is 2.11. The smallest absolute Gasteiger partial charge is 0.239 e. The van der Waals surface area contributed by atoms with Crippen LogP contribution < -0.4 is 5.32 Å². The molecule has 0 aliphatic heterocycles. The molecule has 0 aliphatic carbocycles. The second-order valence-electron chi connectivity index (χ2n) is 2.35. The van der Waals surface area contributed by atoms with Crippen molar-refractivity contribution >= 4 is 23.2 Å². The number of amides is 1. The highest BCUT2D eigenvalue weighted by Crippen LogP contribution is 2.19. The van der Waals surface area contributed by atoms with Crippen LogP contribution in [0.1, 0.15) is 0 Å². The standard InChI is InChI=1S/C8H7ClFNO2/c9-4-8(13)11-5-1-2-6(10)7(12)3-5/h1-3,12H,4H2,(H,11,13). The first-order valence-corrected chi connectivity index (χ1v) is 4.01. The average molecular weight is 204 g/mol. The topological polar surface area (TPSA) is 49.3 Å². The molecule has 0 bridgehead atoms. The van der Waals surface area contributed by atoms with Gasteiger partial charge < -0.3 is 10.4 Å². The zero-order valence-corrected chi connectivity index (χ0v) is 7.31. The lowest BCUT2D eigenvalue weighted by Crippen LogP contribution is -2.12. The number of benzene rings is 1. The highest BCUT2D eigenvalue weighted by molar-refractivity contribution is 6.29. The third-order valence-electron chi connectivity index (χ3n) is 1.35. The number of aromatic hydroxyl groups is 1. The molecule has 1 amide bonds. The van der Waals surface area contributed by atoms with Crippen LogP contribution in [0.25, 0.3) is 0 Å². The Kier molecular flexibility index (Phi) is 3.08. The Bertz CT molecular complexity index is 330. The maximum atomic E-state index is 12.5. The van der Waals surface area contributed by atoms with Crippen LogP contribution in [0.4, 0.5) is 10.1 Å². The van der Waals surface area contributed by atoms with Crippen molar-refractivity contribution in [3.8, 4) is 5.75 Å². The fraction of sp³-hybridized carbons (Fsp3) is 0.125. The number of hydrogen-bond acceptors (Lipinski definition) is 2. The first kappa shape index (κ1) is 9.80. The van der Waals surface area contributed by atoms with Gasteiger partial charge >= 0.3 is 0 Å². The summed E-state index contributed by atoms with van der Waals surface area (Å²) >= 11 is 5.22. The molecule has 0 atom stereocenters. The normalized spacial score (nSPS) is 9.69. The Hall–Kier alpha value is -1.29. The summed E-state index contributed by atoms with van der Waals surface area (Å²) in [6.07, 6.45) is 0. The number of carbonyl (C=O) groups excluding carboxylic acids is 1. The zero-order chi connectivity index (χ0) is 9.84. The summed E-state index contributed by atoms with van der Waals surface area (Å²) in [5.74, 6) is -1.83. The Morgan fingerprint density at radius 1 is 1.62 bits per heavy atom. The lowest BCUT2D eigenvalue weighted by atomic mass is 10.3. The highest BCUT2D eigenvalue weighted by Gasteiger charge is 2.03. The van der Waals surface area contributed by atoms with Gasteiger partial charge in [-0.25, -0.2) is 4.39 Å². The van der Waals surface area contributed by atoms with Gasteiger partial charge in [0.05, 0.1) is 0 Å². The third kappa shape index (κ3) is 2.59. The number of anilines is 1. The van der Waals surface area contributed by atoms with Crippen molar-refractivity contribution in [2.24, 2.45) is 0 Å². The van der Waals surface area contributed by atoms with Crippen LogP contribution in [0.15, 0.2) is 18.2 Å². The van der Waals surface area contributed by atoms with Crippen molar-refractivity contribution in [3.63, 3.8) is 0 Å². The fourth-order valence-corrected chi connectivity index (χ4v) is 0.852. The molecule has 0 aliphatic rings. The van der Waals surface area contributed by atoms with Crippen LogP contribution in [0.2, 0.25) is 0 Å². The van der Waals surface area contributed by atoms with Gasteiger partial charge in [0.25, 0.3) is 0 Å². The number of phenolic OH excluding ortho intramolecular Hbond substituents is 1. The van der Waals surface area contributed by atoms with Gasteiger partial charge in [0.2, 0.25) is 5.91 Å². The Morgan fingerprint density at radius 3 is 2.85 bits per heavy atom. The predicted octanol–water partition coefficient (Wildman–Crippen LogP) is 1.71. The Labute approximate surface area is 79.1 Å². The maximum Gasteiger partial charge on any atom is 0.239 e. The molecule has 1 rings (SSSR count). The number of carbonyl (C=O) groups is 1. The molecule has 0 radical (unpaired) electrons. The van der Waals surface area contributed by atoms with Crippen LogP contribution in [-0.2, 0) is 4.79 Å². The molecule has 70 valence electrons. The summed E-state index contributed by atoms with van der Waals surface area (Å²) < 4.78 is 12.5. The molecule has 0 fully saturated rings. The van der Waals surface area contributed by atoms with Crippen molar-refractivity contribution in [1.29, 1.82) is 0 Å². The van der Waals surface area contributed by atoms with Crippen LogP contribution in [0, 0.1) is 5.82 Å². The molecule has 5 heteroatoms. The second kappa shape index (κ2) is 4.09. The van der Waals surface area contributed by atoms with Crippen molar-refractivity contribution in [3.05, 3.63) is 24.0 Å². The van der Waals surface area contributed by atoms with Gasteiger partial charge in [0, 0.05) is 11.8 Å². The summed E-state index contributed by atoms with van der Waals surface area (Å²) in [7, 11) is 0. The number of nitrogens with one attached hydrogen (secondary N) is 1. The summed E-state index contributed by atoms with van der Waals surface area (Å²) in [4.78, 5) is 10.8. The molecular weight excluding hydrogens is 197 g/mol. The van der Waals surface area contributed by atoms with Gasteiger partial charge in [0.1, 0.15) is 5.88 Å². The molecule has 2 N–H and O–H groups in total. The van der Waals surface area contributed by atoms with E-state index in [4.69, 9.17) is 16.7 Å². The van der Waals surface area contributed by atoms with E-state index in [-0.39, 0.29) is 5.88 Å². The number of rotatable bonds is 2. The van der Waals surface area contributed by atoms with Gasteiger partial charge in [-0.05, 0) is 12.1 Å². The first-order chi connectivity index (χ1) is 6.13. The monoisotopic (exact) mass is 203 g/mol. The summed E-state index contributed by atoms with van der Waals surface area (Å²) in [6.45, 7) is 0. The SMILES string of the molecule is O=C(CCl)Nc1ccc(F)c(O)c1. The maximum absolute atomic E-state index is 12.5. The lowest BCUT2D eigenvalue weighted by molar-refractivity contribution is -0.113. The zero-order valence-electron chi connectivity index (χ0n) is 6.55. The minimum Gasteiger partial charge on any atom is -0.505 e. The molecule has 13 heavy (non-hydrogen) atoms. The minimum absolute atomic E-state index is 0.182. The van der Waals surface area contributed by atoms with E-state index in [9.17, 15) is 9.18 Å². The molecule has 0 aromatic heterocycles. The molecule has 0 spiro atoms. The molecular formula is C8H7ClFNO2. The lowest BCUT2D eigenvalue weighted by Gasteiger charge is -2.03. The largest absolute Gasteiger partial charge is 0.505 e. The minimum atomic E-state index is -0.733. The van der Waals surface area contributed by atoms with Gasteiger partial charge in [0.15, 0.2) is 11.6 Å². The Morgan fingerprint density at radius 2 is 2.31 bits per heavy atom. The predicted molar refractivity (Wildman–Crippen MR) is 47.4 cm³/mol. The molecule has 0 saturated carbocycles. The summed E-state index contributed by atoms with van der Waals surface area (Å²) in [5.41, 5.74) is 0.310. The van der Waals surface area contributed by atoms with Crippen LogP contribution >= 0.6 is 11.6 Å². The molecule has 0 unspecified atom stereocenters. The quantitative estimate of drug-likeness (QED) is 0.719. The first-order valence-electron chi connectivity index (χ1n) is 3.48. The number of alkyl halides is 1. The van der Waals surface area contributed by atoms with E-state index in [1.165, 1.54) is 6.07 Å². The highest BCUT2D eigenvalue weighted by atomic mass is 35.5. The molecule has 0 saturated heterocycles. The van der Waals surface area contributed by atoms with Crippen molar-refractivity contribution < 1.29 is 14.3 Å². The fourth-order valence-electron chi connectivity index (χ4n) is 0.785. The van der Waals surface area contributed by atoms with Crippen molar-refractivity contribution in [2.75, 3.05) is 11.2 Å². The van der Waals surface area contributed by atoms with E-state index in [0.717, 1.165) is 12.1 Å². The van der Waals surface area contributed by atoms with Gasteiger partial charge in [-0.2, -0.15) is 0 Å². The van der Waals surface area contributed by atoms with E-state index in [0.29, 0.717) is 5.69 Å². The van der Waals surface area contributed by atoms with E-state index in [1.807, 2.05) is 0 Å². The number of halogens is 2. The number of hydrogen-bond donors (Lipinski definition) is 2. The molecule has 3 nitrogen and oxygen atoms in total. The second-order valence-corrected chi connectivity index (χ2v) is 2.62. The third-order valence-corrected chi connectivity index (χ3v) is 1.59. The van der Waals surface area contributed by atoms with E-state index in [2.05, 4.69) is 5.32 Å². The Balaban J connectivity index is 2.79. The van der Waals surface area contributed by atoms with Crippen molar-refractivity contribution in [1.82, 2.24) is 0 Å². The summed E-state index contributed by atoms with van der Waals surface area (Å²) in [6, 6.07) is 3.50. The van der Waals surface area contributed by atoms with Crippen LogP contribution in [0.3, 0.4) is 0 Å². The van der Waals surface area contributed by atoms with Crippen molar-refractivity contribution in [2.45, 2.75) is 0 Å². The van der Waals surface area contributed by atoms with Gasteiger partial charge in [-0.3, -0.25) is 4.79 Å². The molecule has 0 heterocycles. The van der Waals surface area contributed by atoms with Gasteiger partial charge in [-0.15, -0.1) is 11.6 Å². The molecule has 1 aromatic carbocycles. The van der Waals surface area contributed by atoms with E-state index >= 15 is 0 Å². The molecule has 1 aromatic rings.